The molecule has 4 rings (SSSR count). The van der Waals surface area contributed by atoms with Gasteiger partial charge in [0, 0.05) is 11.0 Å². The average Bonchev–Trinajstić information content (AvgIpc) is 3.02. The number of rotatable bonds is 3. The third-order valence-electron chi connectivity index (χ3n) is 5.10. The summed E-state index contributed by atoms with van der Waals surface area (Å²) in [6.07, 6.45) is -3.61. The summed E-state index contributed by atoms with van der Waals surface area (Å²) in [5, 5.41) is 0. The van der Waals surface area contributed by atoms with Crippen LogP contribution in [-0.2, 0) is 25.7 Å². The van der Waals surface area contributed by atoms with Crippen LogP contribution in [0.4, 0.5) is 13.2 Å². The lowest BCUT2D eigenvalue weighted by Crippen LogP contribution is -2.49. The quantitative estimate of drug-likeness (QED) is 0.742. The van der Waals surface area contributed by atoms with Crippen LogP contribution in [0.5, 0.6) is 0 Å². The SMILES string of the molecule is FC(F)(F)C1(c2ccccc2)OOC(C2(c3ccccc3)CCC2)O1. The Morgan fingerprint density at radius 1 is 0.840 bits per heavy atom. The molecule has 0 aromatic heterocycles. The van der Waals surface area contributed by atoms with Crippen molar-refractivity contribution in [3.05, 3.63) is 71.8 Å². The van der Waals surface area contributed by atoms with Crippen molar-refractivity contribution in [2.75, 3.05) is 0 Å². The number of hydrogen-bond donors (Lipinski definition) is 0. The molecule has 2 atom stereocenters. The molecule has 2 aromatic rings. The first-order chi connectivity index (χ1) is 12.0. The van der Waals surface area contributed by atoms with E-state index in [9.17, 15) is 13.2 Å². The van der Waals surface area contributed by atoms with E-state index in [0.717, 1.165) is 12.0 Å². The van der Waals surface area contributed by atoms with E-state index in [1.54, 1.807) is 6.07 Å². The molecule has 0 N–H and O–H groups in total. The second-order valence-electron chi connectivity index (χ2n) is 6.49. The zero-order valence-electron chi connectivity index (χ0n) is 13.3. The topological polar surface area (TPSA) is 27.7 Å². The van der Waals surface area contributed by atoms with Crippen LogP contribution in [0.2, 0.25) is 0 Å². The van der Waals surface area contributed by atoms with Gasteiger partial charge in [-0.1, -0.05) is 67.1 Å². The summed E-state index contributed by atoms with van der Waals surface area (Å²) in [5.74, 6) is -2.91. The first-order valence-electron chi connectivity index (χ1n) is 8.18. The van der Waals surface area contributed by atoms with Gasteiger partial charge in [-0.15, -0.1) is 0 Å². The molecule has 0 bridgehead atoms. The molecule has 3 nitrogen and oxygen atoms in total. The Labute approximate surface area is 143 Å². The number of halogens is 3. The summed E-state index contributed by atoms with van der Waals surface area (Å²) >= 11 is 0. The van der Waals surface area contributed by atoms with Crippen LogP contribution in [0, 0.1) is 0 Å². The van der Waals surface area contributed by atoms with Crippen molar-refractivity contribution < 1.29 is 27.7 Å². The highest BCUT2D eigenvalue weighted by Crippen LogP contribution is 2.56. The second kappa shape index (κ2) is 5.83. The van der Waals surface area contributed by atoms with Crippen molar-refractivity contribution in [2.45, 2.75) is 42.9 Å². The van der Waals surface area contributed by atoms with Crippen molar-refractivity contribution in [2.24, 2.45) is 0 Å². The highest BCUT2D eigenvalue weighted by atomic mass is 19.4. The molecule has 132 valence electrons. The van der Waals surface area contributed by atoms with Gasteiger partial charge in [-0.05, 0) is 18.4 Å². The van der Waals surface area contributed by atoms with Crippen LogP contribution in [0.1, 0.15) is 30.4 Å². The second-order valence-corrected chi connectivity index (χ2v) is 6.49. The molecule has 2 aromatic carbocycles. The molecular formula is C19H17F3O3. The van der Waals surface area contributed by atoms with E-state index in [2.05, 4.69) is 0 Å². The normalized spacial score (nSPS) is 28.5. The van der Waals surface area contributed by atoms with Crippen molar-refractivity contribution >= 4 is 0 Å². The molecule has 1 saturated heterocycles. The average molecular weight is 350 g/mol. The summed E-state index contributed by atoms with van der Waals surface area (Å²) in [4.78, 5) is 10.0. The van der Waals surface area contributed by atoms with E-state index in [0.29, 0.717) is 12.8 Å². The minimum absolute atomic E-state index is 0.132. The Morgan fingerprint density at radius 3 is 1.88 bits per heavy atom. The van der Waals surface area contributed by atoms with Crippen LogP contribution in [0.25, 0.3) is 0 Å². The smallest absolute Gasteiger partial charge is 0.303 e. The molecule has 1 saturated carbocycles. The number of benzene rings is 2. The largest absolute Gasteiger partial charge is 0.451 e. The van der Waals surface area contributed by atoms with E-state index in [1.165, 1.54) is 24.3 Å². The third-order valence-corrected chi connectivity index (χ3v) is 5.10. The van der Waals surface area contributed by atoms with Gasteiger partial charge in [0.25, 0.3) is 0 Å². The predicted octanol–water partition coefficient (Wildman–Crippen LogP) is 4.83. The molecule has 2 unspecified atom stereocenters. The van der Waals surface area contributed by atoms with E-state index in [-0.39, 0.29) is 5.56 Å². The third kappa shape index (κ3) is 2.47. The Bertz CT molecular complexity index is 729. The number of alkyl halides is 3. The zero-order valence-corrected chi connectivity index (χ0v) is 13.3. The summed E-state index contributed by atoms with van der Waals surface area (Å²) in [6, 6.07) is 16.7. The Kier molecular flexibility index (Phi) is 3.86. The Morgan fingerprint density at radius 2 is 1.40 bits per heavy atom. The fourth-order valence-corrected chi connectivity index (χ4v) is 3.55. The van der Waals surface area contributed by atoms with Gasteiger partial charge in [-0.3, -0.25) is 0 Å². The van der Waals surface area contributed by atoms with Crippen LogP contribution in [0.3, 0.4) is 0 Å². The van der Waals surface area contributed by atoms with E-state index in [1.807, 2.05) is 30.3 Å². The highest BCUT2D eigenvalue weighted by Gasteiger charge is 2.68. The zero-order chi connectivity index (χ0) is 17.5. The van der Waals surface area contributed by atoms with Crippen molar-refractivity contribution in [3.8, 4) is 0 Å². The van der Waals surface area contributed by atoms with Gasteiger partial charge >= 0.3 is 12.0 Å². The van der Waals surface area contributed by atoms with Gasteiger partial charge in [-0.2, -0.15) is 22.9 Å². The molecule has 6 heteroatoms. The van der Waals surface area contributed by atoms with Gasteiger partial charge in [0.2, 0.25) is 6.29 Å². The maximum absolute atomic E-state index is 13.9. The lowest BCUT2D eigenvalue weighted by molar-refractivity contribution is -0.419. The standard InChI is InChI=1S/C19H17F3O3/c20-19(21,22)18(15-10-5-2-6-11-15)23-16(24-25-18)17(12-7-13-17)14-8-3-1-4-9-14/h1-6,8-11,16H,7,12-13H2. The maximum Gasteiger partial charge on any atom is 0.451 e. The maximum atomic E-state index is 13.9. The van der Waals surface area contributed by atoms with E-state index in [4.69, 9.17) is 14.5 Å². The minimum Gasteiger partial charge on any atom is -0.303 e. The number of hydrogen-bond acceptors (Lipinski definition) is 3. The first kappa shape index (κ1) is 16.6. The molecule has 0 amide bonds. The fourth-order valence-electron chi connectivity index (χ4n) is 3.55. The van der Waals surface area contributed by atoms with Crippen LogP contribution in [0.15, 0.2) is 60.7 Å². The summed E-state index contributed by atoms with van der Waals surface area (Å²) < 4.78 is 47.1. The van der Waals surface area contributed by atoms with Crippen molar-refractivity contribution in [3.63, 3.8) is 0 Å². The molecule has 1 heterocycles. The summed E-state index contributed by atoms with van der Waals surface area (Å²) in [7, 11) is 0. The molecule has 1 aliphatic heterocycles. The van der Waals surface area contributed by atoms with Gasteiger partial charge in [0.05, 0.1) is 0 Å². The molecule has 2 aliphatic rings. The summed E-state index contributed by atoms with van der Waals surface area (Å²) in [6.45, 7) is 0. The van der Waals surface area contributed by atoms with Crippen LogP contribution >= 0.6 is 0 Å². The predicted molar refractivity (Wildman–Crippen MR) is 83.2 cm³/mol. The van der Waals surface area contributed by atoms with Crippen LogP contribution < -0.4 is 0 Å². The summed E-state index contributed by atoms with van der Waals surface area (Å²) in [5.41, 5.74) is 0.150. The van der Waals surface area contributed by atoms with E-state index >= 15 is 0 Å². The molecule has 25 heavy (non-hydrogen) atoms. The molecule has 2 fully saturated rings. The van der Waals surface area contributed by atoms with Gasteiger partial charge < -0.3 is 4.74 Å². The van der Waals surface area contributed by atoms with Crippen molar-refractivity contribution in [1.82, 2.24) is 0 Å². The molecule has 1 aliphatic carbocycles. The minimum atomic E-state index is -4.77. The molecular weight excluding hydrogens is 333 g/mol. The van der Waals surface area contributed by atoms with Gasteiger partial charge in [0.1, 0.15) is 0 Å². The first-order valence-corrected chi connectivity index (χ1v) is 8.18. The molecule has 0 spiro atoms. The lowest BCUT2D eigenvalue weighted by atomic mass is 9.64. The molecule has 0 radical (unpaired) electrons. The van der Waals surface area contributed by atoms with Gasteiger partial charge in [-0.25, -0.2) is 0 Å². The Hall–Kier alpha value is -1.89. The van der Waals surface area contributed by atoms with Crippen molar-refractivity contribution in [1.29, 1.82) is 0 Å². The lowest BCUT2D eigenvalue weighted by Gasteiger charge is -2.44. The fraction of sp³-hybridized carbons (Fsp3) is 0.368. The monoisotopic (exact) mass is 350 g/mol. The highest BCUT2D eigenvalue weighted by molar-refractivity contribution is 5.30. The van der Waals surface area contributed by atoms with Crippen LogP contribution in [-0.4, -0.2) is 12.5 Å². The Balaban J connectivity index is 1.71. The number of ether oxygens (including phenoxy) is 1. The van der Waals surface area contributed by atoms with E-state index < -0.39 is 23.7 Å². The van der Waals surface area contributed by atoms with Gasteiger partial charge in [0.15, 0.2) is 0 Å².